The number of rotatable bonds is 3. The van der Waals surface area contributed by atoms with Crippen LogP contribution in [0.1, 0.15) is 50.7 Å². The molecular weight excluding hydrogens is 279 g/mol. The number of nitriles is 1. The number of hydrogen-bond donors (Lipinski definition) is 1. The van der Waals surface area contributed by atoms with Gasteiger partial charge in [0.1, 0.15) is 0 Å². The molecule has 0 aromatic heterocycles. The fraction of sp³-hybridized carbons (Fsp3) is 0.562. The first-order chi connectivity index (χ1) is 9.93. The summed E-state index contributed by atoms with van der Waals surface area (Å²) in [4.78, 5) is 0. The van der Waals surface area contributed by atoms with E-state index in [4.69, 9.17) is 0 Å². The molecule has 0 spiro atoms. The second kappa shape index (κ2) is 6.07. The van der Waals surface area contributed by atoms with Crippen LogP contribution in [0.5, 0.6) is 0 Å². The highest BCUT2D eigenvalue weighted by Gasteiger charge is 2.42. The molecule has 1 atom stereocenters. The van der Waals surface area contributed by atoms with Crippen LogP contribution in [-0.4, -0.2) is 5.11 Å². The molecule has 0 amide bonds. The monoisotopic (exact) mass is 297 g/mol. The molecule has 5 heteroatoms. The first kappa shape index (κ1) is 15.8. The average Bonchev–Trinajstić information content (AvgIpc) is 2.51. The van der Waals surface area contributed by atoms with E-state index in [-0.39, 0.29) is 5.56 Å². The second-order valence-electron chi connectivity index (χ2n) is 5.82. The van der Waals surface area contributed by atoms with Crippen molar-refractivity contribution in [1.29, 1.82) is 5.26 Å². The van der Waals surface area contributed by atoms with Gasteiger partial charge in [-0.2, -0.15) is 5.26 Å². The molecule has 1 N–H and O–H groups in total. The Bertz CT molecular complexity index is 536. The van der Waals surface area contributed by atoms with Crippen LogP contribution >= 0.6 is 0 Å². The van der Waals surface area contributed by atoms with Crippen molar-refractivity contribution >= 4 is 0 Å². The van der Waals surface area contributed by atoms with Crippen LogP contribution in [0.25, 0.3) is 0 Å². The molecule has 2 nitrogen and oxygen atoms in total. The van der Waals surface area contributed by atoms with Crippen molar-refractivity contribution in [3.63, 3.8) is 0 Å². The fourth-order valence-electron chi connectivity index (χ4n) is 3.10. The summed E-state index contributed by atoms with van der Waals surface area (Å²) in [7, 11) is 0. The molecule has 0 radical (unpaired) electrons. The van der Waals surface area contributed by atoms with Crippen LogP contribution in [0.3, 0.4) is 0 Å². The number of aliphatic hydroxyl groups excluding tert-OH is 1. The maximum Gasteiger partial charge on any atom is 0.194 e. The van der Waals surface area contributed by atoms with Crippen molar-refractivity contribution in [2.75, 3.05) is 0 Å². The predicted molar refractivity (Wildman–Crippen MR) is 71.6 cm³/mol. The summed E-state index contributed by atoms with van der Waals surface area (Å²) >= 11 is 0. The van der Waals surface area contributed by atoms with Crippen LogP contribution in [0.4, 0.5) is 13.2 Å². The van der Waals surface area contributed by atoms with Gasteiger partial charge in [0.05, 0.1) is 17.6 Å². The van der Waals surface area contributed by atoms with Gasteiger partial charge in [-0.3, -0.25) is 0 Å². The Labute approximate surface area is 122 Å². The van der Waals surface area contributed by atoms with E-state index in [0.29, 0.717) is 18.8 Å². The van der Waals surface area contributed by atoms with Gasteiger partial charge in [-0.05, 0) is 49.3 Å². The summed E-state index contributed by atoms with van der Waals surface area (Å²) in [6.45, 7) is 2.07. The summed E-state index contributed by atoms with van der Waals surface area (Å²) in [6, 6.07) is 3.67. The minimum absolute atomic E-state index is 0.0806. The van der Waals surface area contributed by atoms with E-state index < -0.39 is 29.0 Å². The molecule has 0 aliphatic heterocycles. The van der Waals surface area contributed by atoms with E-state index in [1.54, 1.807) is 0 Å². The number of hydrogen-bond acceptors (Lipinski definition) is 2. The van der Waals surface area contributed by atoms with E-state index >= 15 is 0 Å². The summed E-state index contributed by atoms with van der Waals surface area (Å²) in [6.07, 6.45) is 2.25. The highest BCUT2D eigenvalue weighted by atomic mass is 19.2. The van der Waals surface area contributed by atoms with Crippen molar-refractivity contribution in [3.8, 4) is 6.07 Å². The Morgan fingerprint density at radius 1 is 1.29 bits per heavy atom. The summed E-state index contributed by atoms with van der Waals surface area (Å²) < 4.78 is 39.6. The third kappa shape index (κ3) is 2.91. The number of aliphatic hydroxyl groups is 1. The normalized spacial score (nSPS) is 27.1. The second-order valence-corrected chi connectivity index (χ2v) is 5.82. The van der Waals surface area contributed by atoms with Crippen molar-refractivity contribution in [2.45, 2.75) is 45.1 Å². The van der Waals surface area contributed by atoms with Crippen molar-refractivity contribution in [3.05, 3.63) is 35.1 Å². The summed E-state index contributed by atoms with van der Waals surface area (Å²) in [5.74, 6) is -3.74. The molecule has 0 heterocycles. The van der Waals surface area contributed by atoms with Gasteiger partial charge >= 0.3 is 0 Å². The third-order valence-electron chi connectivity index (χ3n) is 4.64. The quantitative estimate of drug-likeness (QED) is 0.848. The van der Waals surface area contributed by atoms with Gasteiger partial charge in [0, 0.05) is 0 Å². The van der Waals surface area contributed by atoms with Crippen LogP contribution in [-0.2, 0) is 0 Å². The summed E-state index contributed by atoms with van der Waals surface area (Å²) in [5.41, 5.74) is -1.13. The number of halogens is 3. The third-order valence-corrected chi connectivity index (χ3v) is 4.64. The van der Waals surface area contributed by atoms with Crippen molar-refractivity contribution in [2.24, 2.45) is 11.3 Å². The minimum Gasteiger partial charge on any atom is -0.387 e. The Morgan fingerprint density at radius 2 is 1.81 bits per heavy atom. The van der Waals surface area contributed by atoms with E-state index in [0.717, 1.165) is 31.4 Å². The van der Waals surface area contributed by atoms with Crippen LogP contribution in [0.2, 0.25) is 0 Å². The van der Waals surface area contributed by atoms with Crippen LogP contribution in [0, 0.1) is 40.1 Å². The van der Waals surface area contributed by atoms with Gasteiger partial charge in [0.15, 0.2) is 17.5 Å². The Kier molecular flexibility index (Phi) is 4.58. The van der Waals surface area contributed by atoms with E-state index in [1.165, 1.54) is 0 Å². The Balaban J connectivity index is 2.29. The maximum atomic E-state index is 13.3. The number of benzene rings is 1. The molecule has 1 aliphatic carbocycles. The molecule has 21 heavy (non-hydrogen) atoms. The molecule has 0 bridgehead atoms. The predicted octanol–water partition coefficient (Wildman–Crippen LogP) is 4.25. The highest BCUT2D eigenvalue weighted by molar-refractivity contribution is 5.26. The first-order valence-corrected chi connectivity index (χ1v) is 7.17. The molecule has 1 saturated carbocycles. The smallest absolute Gasteiger partial charge is 0.194 e. The topological polar surface area (TPSA) is 44.0 Å². The zero-order valence-electron chi connectivity index (χ0n) is 11.9. The van der Waals surface area contributed by atoms with Gasteiger partial charge < -0.3 is 5.11 Å². The lowest BCUT2D eigenvalue weighted by Crippen LogP contribution is -2.32. The molecule has 2 rings (SSSR count). The van der Waals surface area contributed by atoms with Crippen LogP contribution in [0.15, 0.2) is 12.1 Å². The average molecular weight is 297 g/mol. The van der Waals surface area contributed by atoms with Gasteiger partial charge in [0.2, 0.25) is 0 Å². The standard InChI is InChI=1S/C16H18F3NO/c1-2-10-3-5-16(9-20,6-4-10)15(21)11-7-12(17)14(19)13(18)8-11/h7-8,10,15,21H,2-6H2,1H3. The molecule has 114 valence electrons. The summed E-state index contributed by atoms with van der Waals surface area (Å²) in [5, 5.41) is 19.9. The Morgan fingerprint density at radius 3 is 2.24 bits per heavy atom. The highest BCUT2D eigenvalue weighted by Crippen LogP contribution is 2.47. The minimum atomic E-state index is -1.56. The van der Waals surface area contributed by atoms with Gasteiger partial charge in [-0.1, -0.05) is 13.3 Å². The number of nitrogens with zero attached hydrogens (tertiary/aromatic N) is 1. The van der Waals surface area contributed by atoms with Gasteiger partial charge in [-0.25, -0.2) is 13.2 Å². The molecule has 0 saturated heterocycles. The van der Waals surface area contributed by atoms with Gasteiger partial charge in [-0.15, -0.1) is 0 Å². The zero-order valence-corrected chi connectivity index (χ0v) is 11.9. The molecule has 1 fully saturated rings. The van der Waals surface area contributed by atoms with E-state index in [2.05, 4.69) is 13.0 Å². The van der Waals surface area contributed by atoms with E-state index in [1.807, 2.05) is 0 Å². The molecule has 1 aromatic rings. The zero-order chi connectivity index (χ0) is 15.6. The van der Waals surface area contributed by atoms with Crippen LogP contribution < -0.4 is 0 Å². The van der Waals surface area contributed by atoms with Gasteiger partial charge in [0.25, 0.3) is 0 Å². The Hall–Kier alpha value is -1.54. The largest absolute Gasteiger partial charge is 0.387 e. The lowest BCUT2D eigenvalue weighted by Gasteiger charge is -2.38. The first-order valence-electron chi connectivity index (χ1n) is 7.17. The van der Waals surface area contributed by atoms with Crippen molar-refractivity contribution < 1.29 is 18.3 Å². The van der Waals surface area contributed by atoms with E-state index in [9.17, 15) is 23.5 Å². The molecule has 1 aromatic carbocycles. The lowest BCUT2D eigenvalue weighted by molar-refractivity contribution is 0.0237. The maximum absolute atomic E-state index is 13.3. The molecule has 1 unspecified atom stereocenters. The fourth-order valence-corrected chi connectivity index (χ4v) is 3.10. The van der Waals surface area contributed by atoms with Crippen molar-refractivity contribution in [1.82, 2.24) is 0 Å². The SMILES string of the molecule is CCC1CCC(C#N)(C(O)c2cc(F)c(F)c(F)c2)CC1. The lowest BCUT2D eigenvalue weighted by atomic mass is 9.66. The molecular formula is C16H18F3NO. The molecule has 1 aliphatic rings.